The van der Waals surface area contributed by atoms with Gasteiger partial charge in [0.15, 0.2) is 0 Å². The predicted molar refractivity (Wildman–Crippen MR) is 324 cm³/mol. The molecule has 4 fully saturated rings. The summed E-state index contributed by atoms with van der Waals surface area (Å²) in [6, 6.07) is 23.3. The van der Waals surface area contributed by atoms with Crippen LogP contribution in [0.4, 0.5) is 14.5 Å². The molecule has 0 radical (unpaired) electrons. The van der Waals surface area contributed by atoms with Crippen molar-refractivity contribution in [2.24, 2.45) is 17.6 Å². The van der Waals surface area contributed by atoms with Crippen LogP contribution in [0.3, 0.4) is 0 Å². The first kappa shape index (κ1) is 62.2. The zero-order valence-corrected chi connectivity index (χ0v) is 49.2. The molecule has 9 N–H and O–H groups in total. The van der Waals surface area contributed by atoms with E-state index in [9.17, 15) is 47.8 Å². The van der Waals surface area contributed by atoms with Gasteiger partial charge in [0.2, 0.25) is 23.6 Å². The molecule has 2 saturated heterocycles. The number of anilines is 1. The zero-order chi connectivity index (χ0) is 61.4. The molecular weight excluding hydrogens is 1160 g/mol. The Kier molecular flexibility index (Phi) is 19.6. The quantitative estimate of drug-likeness (QED) is 0.0552. The van der Waals surface area contributed by atoms with Crippen molar-refractivity contribution in [2.45, 2.75) is 137 Å². The lowest BCUT2D eigenvalue weighted by Crippen LogP contribution is -2.55. The number of aromatic nitrogens is 2. The maximum atomic E-state index is 14.1. The van der Waals surface area contributed by atoms with E-state index in [2.05, 4.69) is 25.9 Å². The highest BCUT2D eigenvalue weighted by Gasteiger charge is 2.63. The summed E-state index contributed by atoms with van der Waals surface area (Å²) in [4.78, 5) is 90.9. The van der Waals surface area contributed by atoms with E-state index >= 15 is 0 Å². The number of nitrogens with two attached hydrogens (primary N) is 1. The van der Waals surface area contributed by atoms with Gasteiger partial charge in [-0.25, -0.2) is 28.3 Å². The molecule has 6 aliphatic rings. The fraction of sp³-hybridized carbons (Fsp3) is 0.419. The summed E-state index contributed by atoms with van der Waals surface area (Å²) in [5, 5.41) is 46.7. The van der Waals surface area contributed by atoms with Crippen LogP contribution in [0.1, 0.15) is 89.9 Å². The van der Waals surface area contributed by atoms with Crippen LogP contribution in [0.5, 0.6) is 10.4 Å². The van der Waals surface area contributed by atoms with Crippen LogP contribution in [0.25, 0.3) is 20.4 Å². The number of carboxylic acids is 2. The number of carboxylic acid groups (broad SMARTS) is 2. The van der Waals surface area contributed by atoms with Crippen molar-refractivity contribution >= 4 is 96.9 Å². The topological polar surface area (TPSA) is 296 Å². The van der Waals surface area contributed by atoms with Gasteiger partial charge in [0, 0.05) is 30.4 Å². The number of para-hydroxylation sites is 2. The van der Waals surface area contributed by atoms with E-state index in [1.165, 1.54) is 62.8 Å². The molecule has 20 nitrogen and oxygen atoms in total. The van der Waals surface area contributed by atoms with E-state index in [1.807, 2.05) is 72.8 Å². The molecule has 6 heterocycles. The Morgan fingerprint density at radius 3 is 1.62 bits per heavy atom. The van der Waals surface area contributed by atoms with E-state index in [-0.39, 0.29) is 55.0 Å². The second-order valence-electron chi connectivity index (χ2n) is 22.9. The molecule has 2 aliphatic carbocycles. The standard InChI is InChI=1S/C31H33FN4O5S.C25H30N4O5S.C6H6BFO2/c32-20-10-8-11-21(15-20)33-24-13-5-3-1-2-4-9-19-17-31(19,29(39)40)35-27(37)25-16-22(18-36(25)28(24)38)41-30-34-23-12-6-7-14-26(23)42-30;26-17-9-5-3-1-2-4-8-15-13-25(15,23(32)33)28-21(30)19-12-16(14-29(19)22(17)31)34-24-27-18-10-6-7-11-20(18)35-24;8-6-3-1-2-5(4-6)7(9)10/h4,6-12,14-15,19,22,24-25,33H,1-3,5,13,16-18H2,(H,35,37)(H,39,40);4,6-8,10-11,15-17,19H,1-3,5,9,12-14,26H2,(H,28,30)(H,32,33);1-4,9-10H/b9-4-;8-4-;/t19-,22-,24+,25+,31-;15-,16-,17+,19+,25-;/m11./s1. The lowest BCUT2D eigenvalue weighted by atomic mass is 9.80. The van der Waals surface area contributed by atoms with Crippen molar-refractivity contribution < 1.29 is 67.3 Å². The van der Waals surface area contributed by atoms with Crippen LogP contribution in [-0.2, 0) is 28.8 Å². The molecule has 4 amide bonds. The van der Waals surface area contributed by atoms with Gasteiger partial charge in [-0.1, -0.05) is 115 Å². The Bertz CT molecular complexity index is 3490. The van der Waals surface area contributed by atoms with Crippen LogP contribution in [0.15, 0.2) is 121 Å². The normalized spacial score (nSPS) is 28.2. The molecule has 2 aromatic heterocycles. The SMILES string of the molecule is N[C@H]1CCCCC/C=C\[C@@H]2C[C@@]2(C(=O)O)NC(=O)[C@@H]2C[C@@H](Oc3nc4ccccc4s3)CN2C1=O.O=C1N[C@]2(C(=O)O)C[C@H]2/C=C\CCCCC[C@H](Nc2cccc(F)c2)C(=O)N2C[C@H](Oc3nc4ccccc4s3)C[C@@H]12.OB(O)c1cccc(F)c1. The first-order chi connectivity index (χ1) is 41.9. The lowest BCUT2D eigenvalue weighted by Gasteiger charge is -2.30. The summed E-state index contributed by atoms with van der Waals surface area (Å²) in [6.45, 7) is 0.335. The highest BCUT2D eigenvalue weighted by Crippen LogP contribution is 2.47. The van der Waals surface area contributed by atoms with Crippen molar-refractivity contribution in [1.82, 2.24) is 30.4 Å². The number of allylic oxidation sites excluding steroid dienone is 2. The minimum atomic E-state index is -1.59. The van der Waals surface area contributed by atoms with Crippen LogP contribution >= 0.6 is 22.7 Å². The third-order valence-electron chi connectivity index (χ3n) is 16.7. The molecule has 458 valence electrons. The van der Waals surface area contributed by atoms with Crippen LogP contribution < -0.4 is 36.6 Å². The molecule has 6 aromatic rings. The van der Waals surface area contributed by atoms with Gasteiger partial charge >= 0.3 is 19.1 Å². The molecule has 0 spiro atoms. The van der Waals surface area contributed by atoms with Crippen molar-refractivity contribution in [3.05, 3.63) is 133 Å². The minimum Gasteiger partial charge on any atom is -0.479 e. The third-order valence-corrected chi connectivity index (χ3v) is 18.5. The number of rotatable bonds is 9. The van der Waals surface area contributed by atoms with Gasteiger partial charge in [-0.15, -0.1) is 0 Å². The number of nitrogens with zero attached hydrogens (tertiary/aromatic N) is 4. The molecular formula is C62H69BF2N8O12S2. The van der Waals surface area contributed by atoms with E-state index in [0.29, 0.717) is 41.8 Å². The fourth-order valence-electron chi connectivity index (χ4n) is 11.7. The third kappa shape index (κ3) is 14.9. The summed E-state index contributed by atoms with van der Waals surface area (Å²) >= 11 is 2.80. The van der Waals surface area contributed by atoms with Crippen LogP contribution in [0, 0.1) is 23.5 Å². The molecule has 25 heteroatoms. The Hall–Kier alpha value is -7.84. The fourth-order valence-corrected chi connectivity index (χ4v) is 13.5. The van der Waals surface area contributed by atoms with Crippen molar-refractivity contribution in [3.8, 4) is 10.4 Å². The number of fused-ring (bicyclic) bond motifs is 6. The number of hydrogen-bond donors (Lipinski definition) is 8. The number of thiazole rings is 2. The van der Waals surface area contributed by atoms with E-state index in [0.717, 1.165) is 77.9 Å². The van der Waals surface area contributed by atoms with Crippen LogP contribution in [0.2, 0.25) is 0 Å². The maximum absolute atomic E-state index is 14.1. The molecule has 87 heavy (non-hydrogen) atoms. The van der Waals surface area contributed by atoms with E-state index < -0.39 is 90.0 Å². The molecule has 4 aliphatic heterocycles. The van der Waals surface area contributed by atoms with Crippen molar-refractivity contribution in [1.29, 1.82) is 0 Å². The van der Waals surface area contributed by atoms with Crippen LogP contribution in [-0.4, -0.2) is 143 Å². The zero-order valence-electron chi connectivity index (χ0n) is 47.6. The Morgan fingerprint density at radius 2 is 1.14 bits per heavy atom. The van der Waals surface area contributed by atoms with Gasteiger partial charge in [0.25, 0.3) is 10.4 Å². The number of ether oxygens (including phenoxy) is 2. The highest BCUT2D eigenvalue weighted by molar-refractivity contribution is 7.20. The maximum Gasteiger partial charge on any atom is 0.488 e. The summed E-state index contributed by atoms with van der Waals surface area (Å²) in [5.74, 6) is -5.18. The first-order valence-electron chi connectivity index (χ1n) is 29.4. The average Bonchev–Trinajstić information content (AvgIpc) is 1.63. The minimum absolute atomic E-state index is 0.136. The number of halogens is 2. The first-order valence-corrected chi connectivity index (χ1v) is 31.0. The van der Waals surface area contributed by atoms with E-state index in [4.69, 9.17) is 25.3 Å². The Morgan fingerprint density at radius 1 is 0.644 bits per heavy atom. The monoisotopic (exact) mass is 1230 g/mol. The van der Waals surface area contributed by atoms with E-state index in [1.54, 1.807) is 12.1 Å². The summed E-state index contributed by atoms with van der Waals surface area (Å²) in [5.41, 5.74) is 5.80. The molecule has 12 rings (SSSR count). The van der Waals surface area contributed by atoms with Gasteiger partial charge in [-0.05, 0) is 111 Å². The van der Waals surface area contributed by atoms with Crippen molar-refractivity contribution in [3.63, 3.8) is 0 Å². The van der Waals surface area contributed by atoms with Crippen molar-refractivity contribution in [2.75, 3.05) is 18.4 Å². The van der Waals surface area contributed by atoms with Gasteiger partial charge in [0.05, 0.1) is 39.6 Å². The second-order valence-corrected chi connectivity index (χ2v) is 24.9. The number of carbonyl (C=O) groups is 6. The predicted octanol–water partition coefficient (Wildman–Crippen LogP) is 6.70. The number of carbonyl (C=O) groups excluding carboxylic acids is 4. The molecule has 2 saturated carbocycles. The number of benzene rings is 4. The molecule has 0 bridgehead atoms. The second kappa shape index (κ2) is 27.5. The number of hydrogen-bond acceptors (Lipinski definition) is 16. The highest BCUT2D eigenvalue weighted by atomic mass is 32.1. The molecule has 10 atom stereocenters. The average molecular weight is 1230 g/mol. The Balaban J connectivity index is 0.000000168. The number of nitrogens with one attached hydrogen (secondary N) is 3. The summed E-state index contributed by atoms with van der Waals surface area (Å²) in [6.07, 6.45) is 15.8. The summed E-state index contributed by atoms with van der Waals surface area (Å²) in [7, 11) is -1.59. The number of amides is 4. The van der Waals surface area contributed by atoms with Gasteiger partial charge < -0.3 is 61.2 Å². The van der Waals surface area contributed by atoms with Gasteiger partial charge in [-0.2, -0.15) is 0 Å². The lowest BCUT2D eigenvalue weighted by molar-refractivity contribution is -0.146. The molecule has 4 aromatic carbocycles. The Labute approximate surface area is 509 Å². The number of aliphatic carboxylic acids is 2. The summed E-state index contributed by atoms with van der Waals surface area (Å²) < 4.78 is 40.6. The largest absolute Gasteiger partial charge is 0.488 e. The van der Waals surface area contributed by atoms with Gasteiger partial charge in [0.1, 0.15) is 53.0 Å². The smallest absolute Gasteiger partial charge is 0.479 e. The van der Waals surface area contributed by atoms with Gasteiger partial charge in [-0.3, -0.25) is 19.2 Å². The molecule has 0 unspecified atom stereocenters.